The molecule has 0 saturated heterocycles. The number of rotatable bonds is 7. The number of halogens is 1. The minimum Gasteiger partial charge on any atom is -0.306 e. The lowest BCUT2D eigenvalue weighted by molar-refractivity contribution is 0.578. The first-order valence-electron chi connectivity index (χ1n) is 7.67. The van der Waals surface area contributed by atoms with E-state index in [1.807, 2.05) is 23.9 Å². The topological polar surface area (TPSA) is 29.9 Å². The van der Waals surface area contributed by atoms with Crippen LogP contribution in [0.25, 0.3) is 0 Å². The smallest absolute Gasteiger partial charge is 0.123 e. The molecular formula is C17H24FN3. The molecule has 21 heavy (non-hydrogen) atoms. The maximum Gasteiger partial charge on any atom is 0.123 e. The van der Waals surface area contributed by atoms with Gasteiger partial charge in [-0.05, 0) is 49.6 Å². The van der Waals surface area contributed by atoms with Crippen molar-refractivity contribution in [1.82, 2.24) is 15.1 Å². The van der Waals surface area contributed by atoms with E-state index in [2.05, 4.69) is 30.5 Å². The summed E-state index contributed by atoms with van der Waals surface area (Å²) in [6, 6.07) is 4.96. The zero-order valence-electron chi connectivity index (χ0n) is 13.1. The third-order valence-electron chi connectivity index (χ3n) is 3.59. The van der Waals surface area contributed by atoms with Crippen LogP contribution in [-0.2, 0) is 6.54 Å². The summed E-state index contributed by atoms with van der Waals surface area (Å²) in [5, 5.41) is 7.90. The summed E-state index contributed by atoms with van der Waals surface area (Å²) in [6.45, 7) is 8.07. The summed E-state index contributed by atoms with van der Waals surface area (Å²) in [6.07, 6.45) is 6.02. The number of nitrogens with one attached hydrogen (secondary N) is 1. The highest BCUT2D eigenvalue weighted by Gasteiger charge is 2.18. The Hall–Kier alpha value is -1.68. The van der Waals surface area contributed by atoms with E-state index in [0.29, 0.717) is 0 Å². The second-order valence-electron chi connectivity index (χ2n) is 5.42. The van der Waals surface area contributed by atoms with Crippen molar-refractivity contribution in [2.24, 2.45) is 0 Å². The largest absolute Gasteiger partial charge is 0.306 e. The fourth-order valence-electron chi connectivity index (χ4n) is 2.50. The van der Waals surface area contributed by atoms with Gasteiger partial charge in [0.2, 0.25) is 0 Å². The van der Waals surface area contributed by atoms with Crippen molar-refractivity contribution < 1.29 is 4.39 Å². The Morgan fingerprint density at radius 1 is 1.29 bits per heavy atom. The Kier molecular flexibility index (Phi) is 5.51. The highest BCUT2D eigenvalue weighted by atomic mass is 19.1. The van der Waals surface area contributed by atoms with E-state index in [1.165, 1.54) is 6.07 Å². The fraction of sp³-hybridized carbons (Fsp3) is 0.471. The van der Waals surface area contributed by atoms with E-state index in [0.717, 1.165) is 42.6 Å². The Morgan fingerprint density at radius 3 is 2.81 bits per heavy atom. The van der Waals surface area contributed by atoms with Crippen LogP contribution in [-0.4, -0.2) is 16.3 Å². The van der Waals surface area contributed by atoms with Crippen LogP contribution in [0.4, 0.5) is 4.39 Å². The summed E-state index contributed by atoms with van der Waals surface area (Å²) in [7, 11) is 0. The molecule has 1 aromatic heterocycles. The summed E-state index contributed by atoms with van der Waals surface area (Å²) < 4.78 is 15.6. The molecule has 2 aromatic rings. The molecule has 0 bridgehead atoms. The summed E-state index contributed by atoms with van der Waals surface area (Å²) in [5.74, 6) is -0.195. The zero-order chi connectivity index (χ0) is 15.2. The quantitative estimate of drug-likeness (QED) is 0.839. The van der Waals surface area contributed by atoms with E-state index in [1.54, 1.807) is 6.07 Å². The second-order valence-corrected chi connectivity index (χ2v) is 5.42. The van der Waals surface area contributed by atoms with Gasteiger partial charge >= 0.3 is 0 Å². The van der Waals surface area contributed by atoms with Crippen LogP contribution in [0.3, 0.4) is 0 Å². The number of nitrogens with zero attached hydrogens (tertiary/aromatic N) is 2. The van der Waals surface area contributed by atoms with Gasteiger partial charge in [-0.25, -0.2) is 4.39 Å². The van der Waals surface area contributed by atoms with Crippen LogP contribution in [0.5, 0.6) is 0 Å². The molecule has 0 fully saturated rings. The molecule has 1 heterocycles. The first kappa shape index (κ1) is 15.7. The highest BCUT2D eigenvalue weighted by molar-refractivity contribution is 5.35. The number of hydrogen-bond donors (Lipinski definition) is 1. The van der Waals surface area contributed by atoms with E-state index in [4.69, 9.17) is 0 Å². The third-order valence-corrected chi connectivity index (χ3v) is 3.59. The Labute approximate surface area is 126 Å². The zero-order valence-corrected chi connectivity index (χ0v) is 13.1. The SMILES string of the molecule is CCCNC(c1cnn(CCC)c1)c1cc(F)ccc1C. The number of hydrogen-bond acceptors (Lipinski definition) is 2. The van der Waals surface area contributed by atoms with Gasteiger partial charge in [0.05, 0.1) is 12.2 Å². The van der Waals surface area contributed by atoms with Crippen molar-refractivity contribution in [3.8, 4) is 0 Å². The molecule has 0 amide bonds. The summed E-state index contributed by atoms with van der Waals surface area (Å²) in [5.41, 5.74) is 3.17. The van der Waals surface area contributed by atoms with Crippen molar-refractivity contribution in [3.63, 3.8) is 0 Å². The molecule has 0 saturated carbocycles. The fourth-order valence-corrected chi connectivity index (χ4v) is 2.50. The van der Waals surface area contributed by atoms with Gasteiger partial charge in [0.1, 0.15) is 5.82 Å². The van der Waals surface area contributed by atoms with E-state index in [-0.39, 0.29) is 11.9 Å². The Bertz CT molecular complexity index is 577. The average molecular weight is 289 g/mol. The minimum atomic E-state index is -0.195. The Morgan fingerprint density at radius 2 is 2.10 bits per heavy atom. The molecule has 114 valence electrons. The first-order chi connectivity index (χ1) is 10.2. The van der Waals surface area contributed by atoms with E-state index in [9.17, 15) is 4.39 Å². The predicted octanol–water partition coefficient (Wildman–Crippen LogP) is 3.83. The number of benzene rings is 1. The van der Waals surface area contributed by atoms with Crippen LogP contribution >= 0.6 is 0 Å². The van der Waals surface area contributed by atoms with Gasteiger partial charge in [-0.3, -0.25) is 4.68 Å². The molecule has 0 spiro atoms. The Balaban J connectivity index is 2.34. The third kappa shape index (κ3) is 3.91. The van der Waals surface area contributed by atoms with Crippen LogP contribution in [0.1, 0.15) is 49.4 Å². The van der Waals surface area contributed by atoms with E-state index >= 15 is 0 Å². The lowest BCUT2D eigenvalue weighted by atomic mass is 9.97. The summed E-state index contributed by atoms with van der Waals surface area (Å²) in [4.78, 5) is 0. The number of aromatic nitrogens is 2. The lowest BCUT2D eigenvalue weighted by Crippen LogP contribution is -2.23. The van der Waals surface area contributed by atoms with Crippen LogP contribution < -0.4 is 5.32 Å². The second kappa shape index (κ2) is 7.36. The average Bonchev–Trinajstić information content (AvgIpc) is 2.92. The van der Waals surface area contributed by atoms with Gasteiger partial charge in [0, 0.05) is 18.3 Å². The lowest BCUT2D eigenvalue weighted by Gasteiger charge is -2.20. The van der Waals surface area contributed by atoms with Crippen molar-refractivity contribution >= 4 is 0 Å². The van der Waals surface area contributed by atoms with Crippen molar-refractivity contribution in [2.45, 2.75) is 46.2 Å². The highest BCUT2D eigenvalue weighted by Crippen LogP contribution is 2.25. The maximum absolute atomic E-state index is 13.6. The van der Waals surface area contributed by atoms with Gasteiger partial charge in [0.25, 0.3) is 0 Å². The molecule has 2 rings (SSSR count). The van der Waals surface area contributed by atoms with Crippen LogP contribution in [0.15, 0.2) is 30.6 Å². The number of aryl methyl sites for hydroxylation is 2. The first-order valence-corrected chi connectivity index (χ1v) is 7.67. The molecule has 1 aromatic carbocycles. The van der Waals surface area contributed by atoms with Gasteiger partial charge < -0.3 is 5.32 Å². The summed E-state index contributed by atoms with van der Waals surface area (Å²) >= 11 is 0. The molecule has 0 radical (unpaired) electrons. The van der Waals surface area contributed by atoms with Gasteiger partial charge in [-0.15, -0.1) is 0 Å². The van der Waals surface area contributed by atoms with Crippen LogP contribution in [0, 0.1) is 12.7 Å². The predicted molar refractivity (Wildman–Crippen MR) is 83.8 cm³/mol. The molecule has 3 nitrogen and oxygen atoms in total. The van der Waals surface area contributed by atoms with E-state index < -0.39 is 0 Å². The standard InChI is InChI=1S/C17H24FN3/c1-4-8-19-17(14-11-20-21(12-14)9-5-2)16-10-15(18)7-6-13(16)3/h6-7,10-12,17,19H,4-5,8-9H2,1-3H3. The minimum absolute atomic E-state index is 0.00810. The normalized spacial score (nSPS) is 12.6. The monoisotopic (exact) mass is 289 g/mol. The van der Waals surface area contributed by atoms with Crippen molar-refractivity contribution in [1.29, 1.82) is 0 Å². The molecule has 0 aliphatic heterocycles. The van der Waals surface area contributed by atoms with Gasteiger partial charge in [0.15, 0.2) is 0 Å². The molecule has 1 atom stereocenters. The maximum atomic E-state index is 13.6. The van der Waals surface area contributed by atoms with Crippen molar-refractivity contribution in [2.75, 3.05) is 6.54 Å². The molecule has 1 N–H and O–H groups in total. The van der Waals surface area contributed by atoms with Crippen LogP contribution in [0.2, 0.25) is 0 Å². The van der Waals surface area contributed by atoms with Gasteiger partial charge in [-0.2, -0.15) is 5.10 Å². The molecule has 4 heteroatoms. The molecular weight excluding hydrogens is 265 g/mol. The molecule has 1 unspecified atom stereocenters. The molecule has 0 aliphatic carbocycles. The molecule has 0 aliphatic rings. The van der Waals surface area contributed by atoms with Gasteiger partial charge in [-0.1, -0.05) is 19.9 Å². The van der Waals surface area contributed by atoms with Crippen molar-refractivity contribution in [3.05, 3.63) is 53.1 Å².